The van der Waals surface area contributed by atoms with Crippen LogP contribution in [0.25, 0.3) is 0 Å². The first-order valence-electron chi connectivity index (χ1n) is 7.04. The molecule has 0 saturated heterocycles. The standard InChI is InChI=1S/C16H22BrN/c1-8-7-9(2)15(17)10(3)13(8)16(18)14-11-5-4-6-12(11)14/h7,11-12,14,16H,4-6,18H2,1-3H3. The highest BCUT2D eigenvalue weighted by Gasteiger charge is 2.55. The van der Waals surface area contributed by atoms with E-state index in [-0.39, 0.29) is 6.04 Å². The van der Waals surface area contributed by atoms with Crippen molar-refractivity contribution in [3.8, 4) is 0 Å². The van der Waals surface area contributed by atoms with Gasteiger partial charge in [-0.2, -0.15) is 0 Å². The molecule has 2 fully saturated rings. The molecular weight excluding hydrogens is 286 g/mol. The van der Waals surface area contributed by atoms with Gasteiger partial charge in [-0.1, -0.05) is 28.4 Å². The van der Waals surface area contributed by atoms with Crippen LogP contribution in [0.4, 0.5) is 0 Å². The van der Waals surface area contributed by atoms with Gasteiger partial charge in [0.05, 0.1) is 0 Å². The molecule has 0 spiro atoms. The summed E-state index contributed by atoms with van der Waals surface area (Å²) < 4.78 is 1.24. The third-order valence-corrected chi connectivity index (χ3v) is 6.38. The van der Waals surface area contributed by atoms with Crippen molar-refractivity contribution in [1.82, 2.24) is 0 Å². The smallest absolute Gasteiger partial charge is 0.0334 e. The van der Waals surface area contributed by atoms with Crippen LogP contribution >= 0.6 is 15.9 Å². The molecule has 3 unspecified atom stereocenters. The lowest BCUT2D eigenvalue weighted by molar-refractivity contribution is 0.498. The van der Waals surface area contributed by atoms with E-state index >= 15 is 0 Å². The predicted octanol–water partition coefficient (Wildman–Crippen LogP) is 4.42. The van der Waals surface area contributed by atoms with Crippen molar-refractivity contribution < 1.29 is 0 Å². The van der Waals surface area contributed by atoms with E-state index in [0.29, 0.717) is 0 Å². The zero-order valence-electron chi connectivity index (χ0n) is 11.5. The number of aryl methyl sites for hydroxylation is 2. The van der Waals surface area contributed by atoms with Gasteiger partial charge in [0.1, 0.15) is 0 Å². The Labute approximate surface area is 118 Å². The van der Waals surface area contributed by atoms with Crippen LogP contribution in [0.5, 0.6) is 0 Å². The zero-order chi connectivity index (χ0) is 13.0. The second kappa shape index (κ2) is 4.35. The van der Waals surface area contributed by atoms with E-state index in [1.807, 2.05) is 0 Å². The molecule has 3 atom stereocenters. The highest BCUT2D eigenvalue weighted by Crippen LogP contribution is 2.62. The van der Waals surface area contributed by atoms with Crippen LogP contribution in [-0.2, 0) is 0 Å². The Morgan fingerprint density at radius 2 is 1.78 bits per heavy atom. The van der Waals surface area contributed by atoms with Crippen molar-refractivity contribution in [2.75, 3.05) is 0 Å². The lowest BCUT2D eigenvalue weighted by atomic mass is 9.89. The van der Waals surface area contributed by atoms with E-state index < -0.39 is 0 Å². The Morgan fingerprint density at radius 3 is 2.39 bits per heavy atom. The molecule has 1 aromatic rings. The van der Waals surface area contributed by atoms with Crippen LogP contribution in [0, 0.1) is 38.5 Å². The molecule has 0 bridgehead atoms. The average molecular weight is 308 g/mol. The van der Waals surface area contributed by atoms with Crippen molar-refractivity contribution in [2.24, 2.45) is 23.5 Å². The van der Waals surface area contributed by atoms with Crippen LogP contribution < -0.4 is 5.73 Å². The number of benzene rings is 1. The summed E-state index contributed by atoms with van der Waals surface area (Å²) in [5, 5.41) is 0. The van der Waals surface area contributed by atoms with Crippen LogP contribution in [0.1, 0.15) is 47.6 Å². The molecule has 0 aliphatic heterocycles. The molecule has 98 valence electrons. The van der Waals surface area contributed by atoms with E-state index in [2.05, 4.69) is 42.8 Å². The van der Waals surface area contributed by atoms with Crippen LogP contribution in [0.2, 0.25) is 0 Å². The second-order valence-electron chi connectivity index (χ2n) is 6.22. The first-order valence-corrected chi connectivity index (χ1v) is 7.83. The van der Waals surface area contributed by atoms with Gasteiger partial charge >= 0.3 is 0 Å². The molecule has 1 aromatic carbocycles. The maximum atomic E-state index is 6.59. The highest BCUT2D eigenvalue weighted by atomic mass is 79.9. The van der Waals surface area contributed by atoms with Gasteiger partial charge in [0, 0.05) is 10.5 Å². The largest absolute Gasteiger partial charge is 0.324 e. The maximum absolute atomic E-state index is 6.59. The topological polar surface area (TPSA) is 26.0 Å². The van der Waals surface area contributed by atoms with Crippen molar-refractivity contribution in [1.29, 1.82) is 0 Å². The van der Waals surface area contributed by atoms with Crippen molar-refractivity contribution in [3.05, 3.63) is 32.8 Å². The van der Waals surface area contributed by atoms with E-state index in [4.69, 9.17) is 5.73 Å². The second-order valence-corrected chi connectivity index (χ2v) is 7.02. The Morgan fingerprint density at radius 1 is 1.17 bits per heavy atom. The van der Waals surface area contributed by atoms with E-state index in [1.54, 1.807) is 0 Å². The molecule has 1 nitrogen and oxygen atoms in total. The molecule has 0 radical (unpaired) electrons. The highest BCUT2D eigenvalue weighted by molar-refractivity contribution is 9.10. The fourth-order valence-electron chi connectivity index (χ4n) is 4.29. The lowest BCUT2D eigenvalue weighted by Crippen LogP contribution is -2.18. The number of rotatable bonds is 2. The summed E-state index contributed by atoms with van der Waals surface area (Å²) in [5.41, 5.74) is 12.0. The summed E-state index contributed by atoms with van der Waals surface area (Å²) in [4.78, 5) is 0. The lowest BCUT2D eigenvalue weighted by Gasteiger charge is -2.21. The third kappa shape index (κ3) is 1.77. The minimum absolute atomic E-state index is 0.247. The Bertz CT molecular complexity index is 484. The fourth-order valence-corrected chi connectivity index (χ4v) is 4.62. The SMILES string of the molecule is Cc1cc(C)c(C(N)C2C3CCCC32)c(C)c1Br. The van der Waals surface area contributed by atoms with Crippen LogP contribution in [0.15, 0.2) is 10.5 Å². The fraction of sp³-hybridized carbons (Fsp3) is 0.625. The summed E-state index contributed by atoms with van der Waals surface area (Å²) in [5.74, 6) is 2.61. The predicted molar refractivity (Wildman–Crippen MR) is 79.6 cm³/mol. The van der Waals surface area contributed by atoms with Crippen molar-refractivity contribution in [3.63, 3.8) is 0 Å². The first kappa shape index (κ1) is 12.7. The number of hydrogen-bond acceptors (Lipinski definition) is 1. The molecule has 18 heavy (non-hydrogen) atoms. The molecule has 0 amide bonds. The Kier molecular flexibility index (Phi) is 3.06. The van der Waals surface area contributed by atoms with Gasteiger partial charge in [0.25, 0.3) is 0 Å². The van der Waals surface area contributed by atoms with Gasteiger partial charge in [-0.25, -0.2) is 0 Å². The van der Waals surface area contributed by atoms with E-state index in [0.717, 1.165) is 17.8 Å². The molecule has 2 heteroatoms. The molecule has 2 saturated carbocycles. The molecule has 0 heterocycles. The van der Waals surface area contributed by atoms with Crippen LogP contribution in [-0.4, -0.2) is 0 Å². The average Bonchev–Trinajstić information content (AvgIpc) is 2.80. The monoisotopic (exact) mass is 307 g/mol. The van der Waals surface area contributed by atoms with Gasteiger partial charge in [-0.15, -0.1) is 0 Å². The van der Waals surface area contributed by atoms with E-state index in [9.17, 15) is 0 Å². The Hall–Kier alpha value is -0.340. The van der Waals surface area contributed by atoms with Crippen molar-refractivity contribution >= 4 is 15.9 Å². The summed E-state index contributed by atoms with van der Waals surface area (Å²) in [7, 11) is 0. The molecule has 2 aliphatic rings. The molecule has 2 N–H and O–H groups in total. The minimum atomic E-state index is 0.247. The van der Waals surface area contributed by atoms with Crippen LogP contribution in [0.3, 0.4) is 0 Å². The van der Waals surface area contributed by atoms with Gasteiger partial charge in [-0.3, -0.25) is 0 Å². The normalized spacial score (nSPS) is 31.3. The summed E-state index contributed by atoms with van der Waals surface area (Å²) >= 11 is 3.71. The molecule has 2 aliphatic carbocycles. The molecular formula is C16H22BrN. The third-order valence-electron chi connectivity index (χ3n) is 5.16. The Balaban J connectivity index is 1.95. The van der Waals surface area contributed by atoms with Gasteiger partial charge in [0.15, 0.2) is 0 Å². The van der Waals surface area contributed by atoms with E-state index in [1.165, 1.54) is 46.0 Å². The zero-order valence-corrected chi connectivity index (χ0v) is 13.0. The van der Waals surface area contributed by atoms with Gasteiger partial charge in [0.2, 0.25) is 0 Å². The summed E-state index contributed by atoms with van der Waals surface area (Å²) in [6.45, 7) is 6.57. The van der Waals surface area contributed by atoms with Crippen molar-refractivity contribution in [2.45, 2.75) is 46.1 Å². The molecule has 3 rings (SSSR count). The number of nitrogens with two attached hydrogens (primary N) is 1. The number of hydrogen-bond donors (Lipinski definition) is 1. The minimum Gasteiger partial charge on any atom is -0.324 e. The summed E-state index contributed by atoms with van der Waals surface area (Å²) in [6, 6.07) is 2.52. The quantitative estimate of drug-likeness (QED) is 0.860. The summed E-state index contributed by atoms with van der Waals surface area (Å²) in [6.07, 6.45) is 4.25. The van der Waals surface area contributed by atoms with Gasteiger partial charge < -0.3 is 5.73 Å². The maximum Gasteiger partial charge on any atom is 0.0334 e. The molecule has 0 aromatic heterocycles. The van der Waals surface area contributed by atoms with Gasteiger partial charge in [-0.05, 0) is 73.6 Å². The number of fused-ring (bicyclic) bond motifs is 1. The first-order chi connectivity index (χ1) is 8.52. The number of halogens is 1.